The van der Waals surface area contributed by atoms with Crippen molar-refractivity contribution in [1.82, 2.24) is 16.1 Å². The molecule has 0 radical (unpaired) electrons. The van der Waals surface area contributed by atoms with Gasteiger partial charge in [0.05, 0.1) is 17.1 Å². The molecule has 0 spiro atoms. The van der Waals surface area contributed by atoms with E-state index < -0.39 is 0 Å². The lowest BCUT2D eigenvalue weighted by molar-refractivity contribution is 0.472. The van der Waals surface area contributed by atoms with Gasteiger partial charge in [-0.05, 0) is 87.3 Å². The third kappa shape index (κ3) is 6.13. The lowest BCUT2D eigenvalue weighted by Crippen LogP contribution is -2.36. The molecule has 3 N–H and O–H groups in total. The number of nitrogens with zero attached hydrogens (tertiary/aromatic N) is 1. The molecule has 4 heteroatoms. The number of hydrogen-bond donors (Lipinski definition) is 3. The van der Waals surface area contributed by atoms with E-state index in [0.29, 0.717) is 29.7 Å². The van der Waals surface area contributed by atoms with E-state index in [9.17, 15) is 0 Å². The minimum Gasteiger partial charge on any atom is -0.381 e. The van der Waals surface area contributed by atoms with Gasteiger partial charge in [0, 0.05) is 31.0 Å². The van der Waals surface area contributed by atoms with Crippen LogP contribution in [0.25, 0.3) is 0 Å². The predicted molar refractivity (Wildman–Crippen MR) is 156 cm³/mol. The van der Waals surface area contributed by atoms with E-state index in [1.54, 1.807) is 5.57 Å². The van der Waals surface area contributed by atoms with Crippen molar-refractivity contribution in [2.75, 3.05) is 13.1 Å². The predicted octanol–water partition coefficient (Wildman–Crippen LogP) is 6.62. The minimum absolute atomic E-state index is 0.385. The number of rotatable bonds is 6. The van der Waals surface area contributed by atoms with Gasteiger partial charge in [-0.25, -0.2) is 0 Å². The molecule has 0 bridgehead atoms. The van der Waals surface area contributed by atoms with E-state index in [1.165, 1.54) is 34.7 Å². The Morgan fingerprint density at radius 3 is 2.97 bits per heavy atom. The lowest BCUT2D eigenvalue weighted by atomic mass is 9.77. The second-order valence-corrected chi connectivity index (χ2v) is 11.3. The van der Waals surface area contributed by atoms with Gasteiger partial charge < -0.3 is 16.1 Å². The van der Waals surface area contributed by atoms with Crippen LogP contribution in [0.5, 0.6) is 0 Å². The van der Waals surface area contributed by atoms with E-state index in [1.807, 2.05) is 0 Å². The summed E-state index contributed by atoms with van der Waals surface area (Å²) in [7, 11) is 0. The Morgan fingerprint density at radius 2 is 2.11 bits per heavy atom. The molecule has 0 aromatic heterocycles. The van der Waals surface area contributed by atoms with Crippen molar-refractivity contribution in [2.24, 2.45) is 28.8 Å². The van der Waals surface area contributed by atoms with Crippen LogP contribution in [-0.4, -0.2) is 24.8 Å². The minimum atomic E-state index is 0.385. The molecule has 0 saturated heterocycles. The SMILES string of the molecule is C=C1/C=C\C(C2CNN=C2C2=CCCC(C)N2)C/C=C/C1CC(CC)/C1=C/CC=C=C2NCCC=C2C1. The third-order valence-electron chi connectivity index (χ3n) is 8.67. The summed E-state index contributed by atoms with van der Waals surface area (Å²) in [6, 6.07) is 0.515. The topological polar surface area (TPSA) is 48.5 Å². The molecule has 3 heterocycles. The second-order valence-electron chi connectivity index (χ2n) is 11.3. The zero-order chi connectivity index (χ0) is 25.6. The molecule has 0 amide bonds. The van der Waals surface area contributed by atoms with Crippen molar-refractivity contribution in [3.05, 3.63) is 89.0 Å². The summed E-state index contributed by atoms with van der Waals surface area (Å²) in [5, 5.41) is 11.9. The van der Waals surface area contributed by atoms with Gasteiger partial charge >= 0.3 is 0 Å². The molecule has 4 nitrogen and oxygen atoms in total. The fraction of sp³-hybridized carbons (Fsp3) is 0.515. The first-order valence-corrected chi connectivity index (χ1v) is 14.5. The molecular weight excluding hydrogens is 452 g/mol. The van der Waals surface area contributed by atoms with Crippen LogP contribution in [0.1, 0.15) is 65.2 Å². The van der Waals surface area contributed by atoms with Crippen LogP contribution in [-0.2, 0) is 0 Å². The Bertz CT molecular complexity index is 1120. The van der Waals surface area contributed by atoms with Gasteiger partial charge in [-0.2, -0.15) is 5.10 Å². The van der Waals surface area contributed by atoms with Gasteiger partial charge in [0.15, 0.2) is 0 Å². The second kappa shape index (κ2) is 12.0. The van der Waals surface area contributed by atoms with Crippen LogP contribution in [0, 0.1) is 23.7 Å². The fourth-order valence-electron chi connectivity index (χ4n) is 6.40. The first-order chi connectivity index (χ1) is 18.1. The number of fused-ring (bicyclic) bond motifs is 1. The third-order valence-corrected chi connectivity index (χ3v) is 8.67. The summed E-state index contributed by atoms with van der Waals surface area (Å²) in [5.74, 6) is 1.77. The summed E-state index contributed by atoms with van der Waals surface area (Å²) in [5.41, 5.74) is 14.6. The molecule has 37 heavy (non-hydrogen) atoms. The lowest BCUT2D eigenvalue weighted by Gasteiger charge is -2.29. The summed E-state index contributed by atoms with van der Waals surface area (Å²) in [6.45, 7) is 11.1. The zero-order valence-corrected chi connectivity index (χ0v) is 22.7. The van der Waals surface area contributed by atoms with Gasteiger partial charge in [0.1, 0.15) is 0 Å². The Morgan fingerprint density at radius 1 is 1.19 bits per heavy atom. The molecule has 0 fully saturated rings. The fourth-order valence-corrected chi connectivity index (χ4v) is 6.40. The first kappa shape index (κ1) is 25.7. The highest BCUT2D eigenvalue weighted by Crippen LogP contribution is 2.36. The van der Waals surface area contributed by atoms with Crippen LogP contribution in [0.4, 0.5) is 0 Å². The van der Waals surface area contributed by atoms with Crippen molar-refractivity contribution in [2.45, 2.75) is 71.3 Å². The maximum absolute atomic E-state index is 4.72. The van der Waals surface area contributed by atoms with Gasteiger partial charge in [-0.1, -0.05) is 67.3 Å². The van der Waals surface area contributed by atoms with Crippen LogP contribution >= 0.6 is 0 Å². The number of hydrazone groups is 1. The summed E-state index contributed by atoms with van der Waals surface area (Å²) in [4.78, 5) is 0. The van der Waals surface area contributed by atoms with Crippen molar-refractivity contribution < 1.29 is 0 Å². The van der Waals surface area contributed by atoms with Crippen molar-refractivity contribution >= 4 is 5.71 Å². The zero-order valence-electron chi connectivity index (χ0n) is 22.7. The summed E-state index contributed by atoms with van der Waals surface area (Å²) >= 11 is 0. The Hall–Kier alpha value is -2.97. The average molecular weight is 497 g/mol. The molecule has 5 aliphatic rings. The summed E-state index contributed by atoms with van der Waals surface area (Å²) < 4.78 is 0. The molecule has 196 valence electrons. The van der Waals surface area contributed by atoms with Gasteiger partial charge in [0.2, 0.25) is 0 Å². The standard InChI is InChI=1S/C33H44N4/c1-4-25(28-11-5-6-15-31-29(21-28)14-9-19-34-31)20-27-13-8-12-26(18-17-23(27)2)30-22-35-37-33(30)32-16-7-10-24(3)36-32/h6,8,11,13-14,16-18,24-27,30,34-36H,2,4-5,7,9-10,12,19-22H2,1,3H3/b13-8+,18-17-,28-11+. The van der Waals surface area contributed by atoms with Crippen molar-refractivity contribution in [3.63, 3.8) is 0 Å². The van der Waals surface area contributed by atoms with Crippen LogP contribution < -0.4 is 16.1 Å². The molecule has 5 rings (SSSR count). The van der Waals surface area contributed by atoms with E-state index in [2.05, 4.69) is 90.8 Å². The first-order valence-electron chi connectivity index (χ1n) is 14.5. The maximum atomic E-state index is 4.72. The van der Waals surface area contributed by atoms with Crippen molar-refractivity contribution in [3.8, 4) is 0 Å². The Balaban J connectivity index is 1.25. The van der Waals surface area contributed by atoms with E-state index in [0.717, 1.165) is 58.0 Å². The van der Waals surface area contributed by atoms with Crippen LogP contribution in [0.15, 0.2) is 94.1 Å². The average Bonchev–Trinajstić information content (AvgIpc) is 3.37. The molecule has 0 aromatic rings. The highest BCUT2D eigenvalue weighted by molar-refractivity contribution is 6.02. The van der Waals surface area contributed by atoms with E-state index in [4.69, 9.17) is 5.10 Å². The van der Waals surface area contributed by atoms with Gasteiger partial charge in [-0.15, -0.1) is 0 Å². The van der Waals surface area contributed by atoms with Gasteiger partial charge in [0.25, 0.3) is 0 Å². The molecule has 0 saturated carbocycles. The van der Waals surface area contributed by atoms with Gasteiger partial charge in [-0.3, -0.25) is 0 Å². The Kier molecular flexibility index (Phi) is 8.36. The largest absolute Gasteiger partial charge is 0.381 e. The quantitative estimate of drug-likeness (QED) is 0.286. The highest BCUT2D eigenvalue weighted by Gasteiger charge is 2.32. The maximum Gasteiger partial charge on any atom is 0.0885 e. The molecule has 5 unspecified atom stereocenters. The number of nitrogens with one attached hydrogen (secondary N) is 3. The normalized spacial score (nSPS) is 33.6. The molecule has 2 aliphatic carbocycles. The Labute approximate surface area is 223 Å². The van der Waals surface area contributed by atoms with E-state index >= 15 is 0 Å². The van der Waals surface area contributed by atoms with Crippen molar-refractivity contribution in [1.29, 1.82) is 0 Å². The van der Waals surface area contributed by atoms with Crippen LogP contribution in [0.2, 0.25) is 0 Å². The monoisotopic (exact) mass is 496 g/mol. The smallest absolute Gasteiger partial charge is 0.0885 e. The van der Waals surface area contributed by atoms with Crippen LogP contribution in [0.3, 0.4) is 0 Å². The number of allylic oxidation sites excluding steroid dienone is 10. The summed E-state index contributed by atoms with van der Waals surface area (Å²) in [6.07, 6.45) is 27.7. The molecule has 0 aromatic carbocycles. The molecule has 3 aliphatic heterocycles. The highest BCUT2D eigenvalue weighted by atomic mass is 15.3. The molecule has 5 atom stereocenters. The molecular formula is C33H44N4. The van der Waals surface area contributed by atoms with E-state index in [-0.39, 0.29) is 0 Å². The number of hydrogen-bond acceptors (Lipinski definition) is 4.